The van der Waals surface area contributed by atoms with Crippen LogP contribution in [0.3, 0.4) is 0 Å². The Kier molecular flexibility index (Phi) is 35.5. The van der Waals surface area contributed by atoms with Crippen molar-refractivity contribution in [2.24, 2.45) is 0 Å². The summed E-state index contributed by atoms with van der Waals surface area (Å²) in [5.74, 6) is -1.58. The van der Waals surface area contributed by atoms with E-state index < -0.39 is 150 Å². The van der Waals surface area contributed by atoms with Gasteiger partial charge in [-0.1, -0.05) is 167 Å². The number of carbonyl (C=O) groups excluding carboxylic acids is 2. The van der Waals surface area contributed by atoms with Crippen molar-refractivity contribution in [1.29, 1.82) is 0 Å². The van der Waals surface area contributed by atoms with Crippen LogP contribution in [0, 0.1) is 0 Å². The molecule has 0 spiro atoms. The van der Waals surface area contributed by atoms with Gasteiger partial charge >= 0.3 is 19.8 Å². The van der Waals surface area contributed by atoms with Crippen LogP contribution in [0.15, 0.2) is 24.3 Å². The zero-order chi connectivity index (χ0) is 57.5. The summed E-state index contributed by atoms with van der Waals surface area (Å²) in [6.07, 6.45) is -1.86. The van der Waals surface area contributed by atoms with E-state index in [2.05, 4.69) is 13.8 Å². The average Bonchev–Trinajstić information content (AvgIpc) is 3.47. The Morgan fingerprint density at radius 3 is 1.36 bits per heavy atom. The normalized spacial score (nSPS) is 31.9. The van der Waals surface area contributed by atoms with Gasteiger partial charge < -0.3 is 89.5 Å². The summed E-state index contributed by atoms with van der Waals surface area (Å²) < 4.78 is 57.8. The highest BCUT2D eigenvalue weighted by molar-refractivity contribution is 7.47. The summed E-state index contributed by atoms with van der Waals surface area (Å²) in [4.78, 5) is 37.3. The minimum Gasteiger partial charge on any atom is -0.458 e. The summed E-state index contributed by atoms with van der Waals surface area (Å²) >= 11 is 0. The van der Waals surface area contributed by atoms with E-state index in [1.54, 1.807) is 6.08 Å². The molecule has 78 heavy (non-hydrogen) atoms. The van der Waals surface area contributed by atoms with Crippen LogP contribution in [-0.4, -0.2) is 204 Å². The van der Waals surface area contributed by atoms with Crippen LogP contribution >= 0.6 is 7.82 Å². The van der Waals surface area contributed by atoms with Gasteiger partial charge in [-0.25, -0.2) is 9.36 Å². The monoisotopic (exact) mass is 1140 g/mol. The van der Waals surface area contributed by atoms with E-state index in [-0.39, 0.29) is 6.42 Å². The lowest BCUT2D eigenvalue weighted by molar-refractivity contribution is -0.360. The number of rotatable bonds is 41. The SMILES string of the molecule is CCCCCCCCCCCCCC=CC=CC(=O)OCC(COP(=O)(O)OC1C(OC2OC(CO)C(O)C(O)C2O)C(O)C(O)C(O)C1OC1OC(CO)C(O)C(O)C1O)OC(=O)CCCCCCCCCCCCCC. The van der Waals surface area contributed by atoms with E-state index in [1.807, 2.05) is 6.08 Å². The average molecular weight is 1150 g/mol. The Labute approximate surface area is 460 Å². The molecule has 3 aliphatic rings. The van der Waals surface area contributed by atoms with Gasteiger partial charge in [-0.3, -0.25) is 13.8 Å². The summed E-state index contributed by atoms with van der Waals surface area (Å²) in [6, 6.07) is 0. The summed E-state index contributed by atoms with van der Waals surface area (Å²) in [6.45, 7) is 0.874. The largest absolute Gasteiger partial charge is 0.472 e. The van der Waals surface area contributed by atoms with E-state index in [0.29, 0.717) is 6.42 Å². The van der Waals surface area contributed by atoms with Gasteiger partial charge in [-0.05, 0) is 19.3 Å². The Hall–Kier alpha value is -2.07. The van der Waals surface area contributed by atoms with Gasteiger partial charge in [0.05, 0.1) is 19.8 Å². The molecule has 0 aromatic rings. The molecule has 0 bridgehead atoms. The first-order chi connectivity index (χ1) is 37.4. The standard InChI is InChI=1S/C54H97O23P/c1-3-5-7-9-11-13-15-17-18-19-21-22-24-26-28-30-39(57)70-34-36(72-40(58)31-29-27-25-23-20-16-14-12-10-8-6-4-2)35-71-78(68,69)77-52-50(75-53-48(66)43(61)41(59)37(32-55)73-53)46(64)45(63)47(65)51(52)76-54-49(67)44(62)42(60)38(33-56)74-54/h24,26,28,30,36-38,41-56,59-67H,3-23,25,27,29,31-35H2,1-2H3,(H,68,69). The van der Waals surface area contributed by atoms with Crippen LogP contribution in [0.2, 0.25) is 0 Å². The molecule has 3 rings (SSSR count). The van der Waals surface area contributed by atoms with Crippen molar-refractivity contribution in [3.63, 3.8) is 0 Å². The Morgan fingerprint density at radius 1 is 0.513 bits per heavy atom. The molecule has 0 radical (unpaired) electrons. The van der Waals surface area contributed by atoms with Crippen LogP contribution in [-0.2, 0) is 51.6 Å². The van der Waals surface area contributed by atoms with E-state index >= 15 is 0 Å². The first kappa shape index (κ1) is 70.2. The fourth-order valence-electron chi connectivity index (χ4n) is 9.56. The van der Waals surface area contributed by atoms with Crippen LogP contribution in [0.1, 0.15) is 174 Å². The predicted octanol–water partition coefficient (Wildman–Crippen LogP) is 3.31. The molecular weight excluding hydrogens is 1050 g/mol. The van der Waals surface area contributed by atoms with Crippen LogP contribution in [0.25, 0.3) is 0 Å². The Bertz CT molecular complexity index is 1660. The number of aliphatic hydroxyl groups is 11. The molecule has 456 valence electrons. The number of allylic oxidation sites excluding steroid dienone is 3. The van der Waals surface area contributed by atoms with Crippen molar-refractivity contribution in [2.75, 3.05) is 26.4 Å². The maximum atomic E-state index is 14.0. The second kappa shape index (κ2) is 39.4. The van der Waals surface area contributed by atoms with Gasteiger partial charge in [0.1, 0.15) is 92.1 Å². The maximum Gasteiger partial charge on any atom is 0.472 e. The van der Waals surface area contributed by atoms with Crippen LogP contribution < -0.4 is 0 Å². The van der Waals surface area contributed by atoms with Crippen molar-refractivity contribution < 1.29 is 113 Å². The number of phosphoric ester groups is 1. The molecule has 0 amide bonds. The van der Waals surface area contributed by atoms with Gasteiger partial charge in [0.2, 0.25) is 0 Å². The lowest BCUT2D eigenvalue weighted by Gasteiger charge is -2.49. The highest BCUT2D eigenvalue weighted by Gasteiger charge is 2.58. The molecule has 2 aliphatic heterocycles. The molecule has 2 heterocycles. The molecule has 16 atom stereocenters. The van der Waals surface area contributed by atoms with Gasteiger partial charge in [0, 0.05) is 12.5 Å². The number of hydrogen-bond acceptors (Lipinski definition) is 22. The van der Waals surface area contributed by atoms with Crippen molar-refractivity contribution in [3.05, 3.63) is 24.3 Å². The number of phosphoric acid groups is 1. The van der Waals surface area contributed by atoms with Crippen molar-refractivity contribution in [2.45, 2.75) is 279 Å². The predicted molar refractivity (Wildman–Crippen MR) is 282 cm³/mol. The van der Waals surface area contributed by atoms with E-state index in [1.165, 1.54) is 96.0 Å². The molecule has 0 aromatic heterocycles. The fraction of sp³-hybridized carbons (Fsp3) is 0.889. The smallest absolute Gasteiger partial charge is 0.458 e. The molecule has 12 N–H and O–H groups in total. The highest BCUT2D eigenvalue weighted by Crippen LogP contribution is 2.49. The van der Waals surface area contributed by atoms with Gasteiger partial charge in [0.25, 0.3) is 0 Å². The minimum atomic E-state index is -5.65. The quantitative estimate of drug-likeness (QED) is 0.0137. The lowest BCUT2D eigenvalue weighted by Crippen LogP contribution is -2.69. The lowest BCUT2D eigenvalue weighted by atomic mass is 9.84. The zero-order valence-electron chi connectivity index (χ0n) is 45.9. The summed E-state index contributed by atoms with van der Waals surface area (Å²) in [5.41, 5.74) is 0. The minimum absolute atomic E-state index is 0.0485. The van der Waals surface area contributed by atoms with Gasteiger partial charge in [0.15, 0.2) is 18.7 Å². The van der Waals surface area contributed by atoms with Crippen molar-refractivity contribution >= 4 is 19.8 Å². The van der Waals surface area contributed by atoms with E-state index in [9.17, 15) is 75.2 Å². The maximum absolute atomic E-state index is 14.0. The topological polar surface area (TPSA) is 368 Å². The third kappa shape index (κ3) is 25.2. The third-order valence-electron chi connectivity index (χ3n) is 14.4. The van der Waals surface area contributed by atoms with Gasteiger partial charge in [-0.15, -0.1) is 0 Å². The Morgan fingerprint density at radius 2 is 0.923 bits per heavy atom. The number of esters is 2. The molecule has 1 aliphatic carbocycles. The first-order valence-corrected chi connectivity index (χ1v) is 30.2. The summed E-state index contributed by atoms with van der Waals surface area (Å²) in [5, 5.41) is 116. The summed E-state index contributed by atoms with van der Waals surface area (Å²) in [7, 11) is -5.65. The molecule has 16 unspecified atom stereocenters. The number of unbranched alkanes of at least 4 members (excludes halogenated alkanes) is 22. The highest BCUT2D eigenvalue weighted by atomic mass is 31.2. The fourth-order valence-corrected chi connectivity index (χ4v) is 10.5. The third-order valence-corrected chi connectivity index (χ3v) is 15.4. The van der Waals surface area contributed by atoms with Crippen LogP contribution in [0.5, 0.6) is 0 Å². The molecule has 3 fully saturated rings. The first-order valence-electron chi connectivity index (χ1n) is 28.7. The number of carbonyl (C=O) groups is 2. The van der Waals surface area contributed by atoms with E-state index in [0.717, 1.165) is 63.9 Å². The van der Waals surface area contributed by atoms with Crippen molar-refractivity contribution in [3.8, 4) is 0 Å². The molecule has 0 aromatic carbocycles. The number of ether oxygens (including phenoxy) is 6. The number of aliphatic hydroxyl groups excluding tert-OH is 11. The van der Waals surface area contributed by atoms with Crippen molar-refractivity contribution in [1.82, 2.24) is 0 Å². The molecule has 24 heteroatoms. The van der Waals surface area contributed by atoms with Crippen LogP contribution in [0.4, 0.5) is 0 Å². The molecule has 2 saturated heterocycles. The Balaban J connectivity index is 1.74. The molecule has 23 nitrogen and oxygen atoms in total. The zero-order valence-corrected chi connectivity index (χ0v) is 46.8. The molecular formula is C54H97O23P. The van der Waals surface area contributed by atoms with Gasteiger partial charge in [-0.2, -0.15) is 0 Å². The molecule has 1 saturated carbocycles. The number of hydrogen-bond donors (Lipinski definition) is 12. The van der Waals surface area contributed by atoms with E-state index in [4.69, 9.17) is 37.5 Å². The second-order valence-electron chi connectivity index (χ2n) is 20.9. The second-order valence-corrected chi connectivity index (χ2v) is 22.3.